The molecule has 1 amide bonds. The lowest BCUT2D eigenvalue weighted by Gasteiger charge is -2.15. The molecule has 166 valence electrons. The average molecular weight is 432 g/mol. The summed E-state index contributed by atoms with van der Waals surface area (Å²) in [4.78, 5) is 52.6. The number of aliphatic carboxylic acids is 1. The topological polar surface area (TPSA) is 145 Å². The number of hydroxylamine groups is 2. The smallest absolute Gasteiger partial charge is 0.340 e. The number of carboxylic acids is 1. The van der Waals surface area contributed by atoms with Crippen LogP contribution in [0.3, 0.4) is 0 Å². The van der Waals surface area contributed by atoms with Crippen LogP contribution < -0.4 is 5.73 Å². The molecule has 0 fully saturated rings. The van der Waals surface area contributed by atoms with Gasteiger partial charge in [0.05, 0.1) is 36.4 Å². The fraction of sp³-hybridized carbons (Fsp3) is 0.333. The van der Waals surface area contributed by atoms with E-state index >= 15 is 0 Å². The maximum atomic E-state index is 12.5. The van der Waals surface area contributed by atoms with Gasteiger partial charge < -0.3 is 20.3 Å². The molecule has 0 saturated carbocycles. The van der Waals surface area contributed by atoms with E-state index in [1.54, 1.807) is 38.1 Å². The van der Waals surface area contributed by atoms with Crippen molar-refractivity contribution in [1.29, 1.82) is 0 Å². The number of hydrogen-bond donors (Lipinski definition) is 2. The molecule has 0 aromatic carbocycles. The van der Waals surface area contributed by atoms with Gasteiger partial charge in [-0.05, 0) is 30.5 Å². The summed E-state index contributed by atoms with van der Waals surface area (Å²) in [5.74, 6) is -3.04. The molecule has 0 atom stereocenters. The number of hydrogen-bond acceptors (Lipinski definition) is 8. The van der Waals surface area contributed by atoms with Crippen molar-refractivity contribution < 1.29 is 38.6 Å². The highest BCUT2D eigenvalue weighted by Gasteiger charge is 2.30. The molecule has 2 rings (SSSR count). The number of rotatable bonds is 9. The Bertz CT molecular complexity index is 916. The zero-order chi connectivity index (χ0) is 23.1. The molecule has 2 aliphatic rings. The predicted octanol–water partition coefficient (Wildman–Crippen LogP) is 1.74. The van der Waals surface area contributed by atoms with E-state index in [0.29, 0.717) is 16.7 Å². The Morgan fingerprint density at radius 3 is 1.84 bits per heavy atom. The molecule has 31 heavy (non-hydrogen) atoms. The Balaban J connectivity index is 2.46. The lowest BCUT2D eigenvalue weighted by Crippen LogP contribution is -2.30. The van der Waals surface area contributed by atoms with Crippen molar-refractivity contribution in [2.75, 3.05) is 32.6 Å². The number of esters is 2. The summed E-state index contributed by atoms with van der Waals surface area (Å²) in [5.41, 5.74) is 7.48. The van der Waals surface area contributed by atoms with Gasteiger partial charge in [-0.1, -0.05) is 24.3 Å². The third-order valence-corrected chi connectivity index (χ3v) is 4.34. The number of carboxylic acid groups (broad SMARTS) is 1. The molecule has 0 saturated heterocycles. The van der Waals surface area contributed by atoms with E-state index < -0.39 is 30.4 Å². The van der Waals surface area contributed by atoms with Gasteiger partial charge in [0.2, 0.25) is 5.91 Å². The Morgan fingerprint density at radius 2 is 1.42 bits per heavy atom. The number of carbonyl (C=O) groups is 4. The number of amides is 1. The molecule has 3 N–H and O–H groups in total. The van der Waals surface area contributed by atoms with Crippen LogP contribution in [0.15, 0.2) is 24.3 Å². The van der Waals surface area contributed by atoms with Gasteiger partial charge in [-0.2, -0.15) is 0 Å². The van der Waals surface area contributed by atoms with Gasteiger partial charge in [0, 0.05) is 7.05 Å². The van der Waals surface area contributed by atoms with E-state index in [1.807, 2.05) is 0 Å². The van der Waals surface area contributed by atoms with E-state index in [-0.39, 0.29) is 36.4 Å². The summed E-state index contributed by atoms with van der Waals surface area (Å²) in [6.45, 7) is 2.91. The molecule has 0 aliphatic heterocycles. The van der Waals surface area contributed by atoms with Crippen LogP contribution in [0.5, 0.6) is 0 Å². The van der Waals surface area contributed by atoms with Gasteiger partial charge >= 0.3 is 17.9 Å². The van der Waals surface area contributed by atoms with Gasteiger partial charge in [0.15, 0.2) is 6.61 Å². The monoisotopic (exact) mass is 432 g/mol. The van der Waals surface area contributed by atoms with Crippen molar-refractivity contribution in [2.45, 2.75) is 20.3 Å². The molecular formula is C21H24N2O8. The number of likely N-dealkylation sites (N-methyl/N-ethyl adjacent to an activating group) is 1. The maximum Gasteiger partial charge on any atom is 0.340 e. The SMILES string of the molecule is CCOC(=O)c1c2ccc(CC(=O)N(C)OCC(=O)O)ccc-2c(C(=O)OCC)c1N. The van der Waals surface area contributed by atoms with E-state index in [2.05, 4.69) is 0 Å². The quantitative estimate of drug-likeness (QED) is 0.447. The standard InChI is InChI=1S/C21H24N2O8/c1-4-29-20(27)17-13-8-6-12(10-15(24)23(3)31-11-16(25)26)7-9-14(13)18(19(17)22)21(28)30-5-2/h6-9H,4-5,10-11,22H2,1-3H3,(H,25,26). The number of nitrogen functional groups attached to an aromatic ring is 1. The summed E-state index contributed by atoms with van der Waals surface area (Å²) >= 11 is 0. The molecule has 0 radical (unpaired) electrons. The first-order valence-electron chi connectivity index (χ1n) is 9.50. The summed E-state index contributed by atoms with van der Waals surface area (Å²) < 4.78 is 10.2. The first-order valence-corrected chi connectivity index (χ1v) is 9.50. The lowest BCUT2D eigenvalue weighted by molar-refractivity contribution is -0.185. The minimum atomic E-state index is -1.21. The Morgan fingerprint density at radius 1 is 0.935 bits per heavy atom. The van der Waals surface area contributed by atoms with Crippen molar-refractivity contribution in [3.8, 4) is 11.1 Å². The minimum absolute atomic E-state index is 0.0301. The molecule has 0 spiro atoms. The molecule has 0 unspecified atom stereocenters. The first kappa shape index (κ1) is 23.6. The number of nitrogens with zero attached hydrogens (tertiary/aromatic N) is 1. The van der Waals surface area contributed by atoms with Crippen molar-refractivity contribution >= 4 is 29.5 Å². The molecule has 0 bridgehead atoms. The van der Waals surface area contributed by atoms with Crippen LogP contribution in [-0.4, -0.2) is 60.9 Å². The van der Waals surface area contributed by atoms with Crippen molar-refractivity contribution in [3.05, 3.63) is 41.0 Å². The third-order valence-electron chi connectivity index (χ3n) is 4.34. The van der Waals surface area contributed by atoms with Crippen LogP contribution in [0.2, 0.25) is 0 Å². The highest BCUT2D eigenvalue weighted by atomic mass is 16.7. The molecule has 10 nitrogen and oxygen atoms in total. The lowest BCUT2D eigenvalue weighted by atomic mass is 10.1. The Hall–Kier alpha value is -3.66. The number of fused-ring (bicyclic) bond motifs is 1. The van der Waals surface area contributed by atoms with Gasteiger partial charge in [0.25, 0.3) is 0 Å². The normalized spacial score (nSPS) is 10.5. The largest absolute Gasteiger partial charge is 0.479 e. The predicted molar refractivity (Wildman–Crippen MR) is 109 cm³/mol. The average Bonchev–Trinajstić information content (AvgIpc) is 2.84. The second-order valence-electron chi connectivity index (χ2n) is 6.41. The molecular weight excluding hydrogens is 408 g/mol. The maximum absolute atomic E-state index is 12.5. The molecule has 2 aliphatic carbocycles. The number of carbonyl (C=O) groups excluding carboxylic acids is 3. The van der Waals surface area contributed by atoms with Crippen LogP contribution in [0.1, 0.15) is 40.1 Å². The zero-order valence-corrected chi connectivity index (χ0v) is 17.5. The highest BCUT2D eigenvalue weighted by Crippen LogP contribution is 2.39. The van der Waals surface area contributed by atoms with Crippen LogP contribution in [0.4, 0.5) is 5.69 Å². The number of ether oxygens (including phenoxy) is 2. The fourth-order valence-corrected chi connectivity index (χ4v) is 2.94. The highest BCUT2D eigenvalue weighted by molar-refractivity contribution is 6.15. The summed E-state index contributed by atoms with van der Waals surface area (Å²) in [6, 6.07) is 6.34. The zero-order valence-electron chi connectivity index (χ0n) is 17.5. The molecule has 0 aromatic heterocycles. The van der Waals surface area contributed by atoms with Crippen LogP contribution in [-0.2, 0) is 30.3 Å². The van der Waals surface area contributed by atoms with Crippen LogP contribution in [0, 0.1) is 0 Å². The van der Waals surface area contributed by atoms with Gasteiger partial charge in [-0.3, -0.25) is 9.63 Å². The van der Waals surface area contributed by atoms with E-state index in [1.165, 1.54) is 7.05 Å². The number of anilines is 1. The Labute approximate surface area is 178 Å². The van der Waals surface area contributed by atoms with Crippen LogP contribution in [0.25, 0.3) is 11.1 Å². The van der Waals surface area contributed by atoms with Crippen molar-refractivity contribution in [1.82, 2.24) is 5.06 Å². The van der Waals surface area contributed by atoms with Gasteiger partial charge in [-0.15, -0.1) is 0 Å². The van der Waals surface area contributed by atoms with Crippen molar-refractivity contribution in [2.24, 2.45) is 0 Å². The summed E-state index contributed by atoms with van der Waals surface area (Å²) in [7, 11) is 1.31. The first-order chi connectivity index (χ1) is 14.7. The second kappa shape index (κ2) is 10.4. The van der Waals surface area contributed by atoms with Gasteiger partial charge in [-0.25, -0.2) is 19.4 Å². The second-order valence-corrected chi connectivity index (χ2v) is 6.41. The van der Waals surface area contributed by atoms with Gasteiger partial charge in [0.1, 0.15) is 0 Å². The molecule has 10 heteroatoms. The minimum Gasteiger partial charge on any atom is -0.479 e. The van der Waals surface area contributed by atoms with Crippen molar-refractivity contribution in [3.63, 3.8) is 0 Å². The summed E-state index contributed by atoms with van der Waals surface area (Å²) in [6.07, 6.45) is -0.105. The molecule has 0 aromatic rings. The summed E-state index contributed by atoms with van der Waals surface area (Å²) in [5, 5.41) is 9.48. The van der Waals surface area contributed by atoms with Crippen LogP contribution >= 0.6 is 0 Å². The third kappa shape index (κ3) is 5.48. The van der Waals surface area contributed by atoms with E-state index in [9.17, 15) is 19.2 Å². The van der Waals surface area contributed by atoms with E-state index in [4.69, 9.17) is 25.2 Å². The molecule has 0 heterocycles. The van der Waals surface area contributed by atoms with E-state index in [0.717, 1.165) is 5.06 Å². The fourth-order valence-electron chi connectivity index (χ4n) is 2.94. The number of nitrogens with two attached hydrogens (primary N) is 1. The Kier molecular flexibility index (Phi) is 7.92.